The fourth-order valence-corrected chi connectivity index (χ4v) is 3.57. The maximum atomic E-state index is 12.2. The van der Waals surface area contributed by atoms with Crippen molar-refractivity contribution in [2.75, 3.05) is 18.4 Å². The van der Waals surface area contributed by atoms with E-state index in [1.807, 2.05) is 23.3 Å². The topological polar surface area (TPSA) is 20.3 Å². The number of nitrogens with zero attached hydrogens (tertiary/aromatic N) is 1. The zero-order chi connectivity index (χ0) is 11.5. The first-order chi connectivity index (χ1) is 7.72. The van der Waals surface area contributed by atoms with Gasteiger partial charge in [-0.3, -0.25) is 4.79 Å². The molecule has 1 saturated heterocycles. The van der Waals surface area contributed by atoms with E-state index in [2.05, 4.69) is 15.9 Å². The smallest absolute Gasteiger partial charge is 0.264 e. The fourth-order valence-electron chi connectivity index (χ4n) is 2.03. The average Bonchev–Trinajstić information content (AvgIpc) is 2.75. The standard InChI is InChI=1S/C12H16BrNOS/c1-9-4-7-16-11(9)12(15)14-5-2-10(8-13)3-6-14/h4,7,10H,2-3,5-6,8H2,1H3. The zero-order valence-corrected chi connectivity index (χ0v) is 11.8. The number of amides is 1. The highest BCUT2D eigenvalue weighted by Crippen LogP contribution is 2.23. The largest absolute Gasteiger partial charge is 0.338 e. The van der Waals surface area contributed by atoms with Crippen molar-refractivity contribution in [3.8, 4) is 0 Å². The Morgan fingerprint density at radius 3 is 2.75 bits per heavy atom. The van der Waals surface area contributed by atoms with E-state index in [1.165, 1.54) is 0 Å². The summed E-state index contributed by atoms with van der Waals surface area (Å²) in [5.74, 6) is 0.967. The lowest BCUT2D eigenvalue weighted by molar-refractivity contribution is 0.0703. The third-order valence-corrected chi connectivity index (χ3v) is 5.10. The van der Waals surface area contributed by atoms with E-state index in [0.29, 0.717) is 0 Å². The van der Waals surface area contributed by atoms with E-state index in [4.69, 9.17) is 0 Å². The second-order valence-corrected chi connectivity index (χ2v) is 5.89. The van der Waals surface area contributed by atoms with Crippen LogP contribution in [-0.2, 0) is 0 Å². The Morgan fingerprint density at radius 1 is 1.56 bits per heavy atom. The predicted molar refractivity (Wildman–Crippen MR) is 71.5 cm³/mol. The molecule has 1 aliphatic heterocycles. The molecule has 1 amide bonds. The molecule has 0 N–H and O–H groups in total. The van der Waals surface area contributed by atoms with Gasteiger partial charge in [-0.2, -0.15) is 0 Å². The van der Waals surface area contributed by atoms with Crippen LogP contribution in [0.15, 0.2) is 11.4 Å². The van der Waals surface area contributed by atoms with Gasteiger partial charge in [0.05, 0.1) is 4.88 Å². The number of rotatable bonds is 2. The fraction of sp³-hybridized carbons (Fsp3) is 0.583. The maximum absolute atomic E-state index is 12.2. The first-order valence-electron chi connectivity index (χ1n) is 5.61. The van der Waals surface area contributed by atoms with Gasteiger partial charge in [-0.25, -0.2) is 0 Å². The zero-order valence-electron chi connectivity index (χ0n) is 9.41. The highest BCUT2D eigenvalue weighted by Gasteiger charge is 2.24. The van der Waals surface area contributed by atoms with E-state index < -0.39 is 0 Å². The van der Waals surface area contributed by atoms with Gasteiger partial charge in [-0.15, -0.1) is 11.3 Å². The van der Waals surface area contributed by atoms with Crippen LogP contribution in [0.25, 0.3) is 0 Å². The molecule has 0 bridgehead atoms. The number of thiophene rings is 1. The molecule has 2 heterocycles. The SMILES string of the molecule is Cc1ccsc1C(=O)N1CCC(CBr)CC1. The Balaban J connectivity index is 2.00. The number of halogens is 1. The molecule has 1 aromatic rings. The molecule has 0 atom stereocenters. The third-order valence-electron chi connectivity index (χ3n) is 3.18. The quantitative estimate of drug-likeness (QED) is 0.768. The van der Waals surface area contributed by atoms with E-state index in [-0.39, 0.29) is 5.91 Å². The Bertz CT molecular complexity index is 369. The Kier molecular flexibility index (Phi) is 4.03. The molecular formula is C12H16BrNOS. The van der Waals surface area contributed by atoms with Crippen LogP contribution in [0.4, 0.5) is 0 Å². The van der Waals surface area contributed by atoms with Crippen molar-refractivity contribution in [2.24, 2.45) is 5.92 Å². The van der Waals surface area contributed by atoms with Gasteiger partial charge >= 0.3 is 0 Å². The minimum Gasteiger partial charge on any atom is -0.338 e. The Labute approximate surface area is 109 Å². The summed E-state index contributed by atoms with van der Waals surface area (Å²) in [4.78, 5) is 15.1. The average molecular weight is 302 g/mol. The normalized spacial score (nSPS) is 17.8. The summed E-state index contributed by atoms with van der Waals surface area (Å²) in [5, 5.41) is 3.06. The monoisotopic (exact) mass is 301 g/mol. The number of alkyl halides is 1. The Morgan fingerprint density at radius 2 is 2.25 bits per heavy atom. The van der Waals surface area contributed by atoms with Crippen molar-refractivity contribution in [1.29, 1.82) is 0 Å². The Hall–Kier alpha value is -0.350. The van der Waals surface area contributed by atoms with Crippen LogP contribution >= 0.6 is 27.3 Å². The van der Waals surface area contributed by atoms with Crippen molar-refractivity contribution in [2.45, 2.75) is 19.8 Å². The van der Waals surface area contributed by atoms with Crippen molar-refractivity contribution in [1.82, 2.24) is 4.90 Å². The molecule has 1 fully saturated rings. The summed E-state index contributed by atoms with van der Waals surface area (Å²) in [6, 6.07) is 2.02. The third kappa shape index (κ3) is 2.48. The summed E-state index contributed by atoms with van der Waals surface area (Å²) in [6.45, 7) is 3.83. The number of carbonyl (C=O) groups is 1. The highest BCUT2D eigenvalue weighted by molar-refractivity contribution is 9.09. The number of hydrogen-bond donors (Lipinski definition) is 0. The van der Waals surface area contributed by atoms with Gasteiger partial charge in [0.25, 0.3) is 5.91 Å². The predicted octanol–water partition coefficient (Wildman–Crippen LogP) is 3.30. The molecule has 88 valence electrons. The first-order valence-corrected chi connectivity index (χ1v) is 7.62. The number of hydrogen-bond acceptors (Lipinski definition) is 2. The summed E-state index contributed by atoms with van der Waals surface area (Å²) >= 11 is 5.07. The lowest BCUT2D eigenvalue weighted by atomic mass is 9.99. The van der Waals surface area contributed by atoms with Gasteiger partial charge in [0, 0.05) is 18.4 Å². The minimum atomic E-state index is 0.223. The van der Waals surface area contributed by atoms with Gasteiger partial charge in [0.15, 0.2) is 0 Å². The van der Waals surface area contributed by atoms with Crippen molar-refractivity contribution >= 4 is 33.2 Å². The molecule has 1 aromatic heterocycles. The summed E-state index contributed by atoms with van der Waals surface area (Å²) in [7, 11) is 0. The van der Waals surface area contributed by atoms with Crippen LogP contribution < -0.4 is 0 Å². The van der Waals surface area contributed by atoms with E-state index in [1.54, 1.807) is 11.3 Å². The van der Waals surface area contributed by atoms with Gasteiger partial charge in [-0.05, 0) is 42.7 Å². The summed E-state index contributed by atoms with van der Waals surface area (Å²) in [5.41, 5.74) is 1.11. The van der Waals surface area contributed by atoms with Gasteiger partial charge in [-0.1, -0.05) is 15.9 Å². The lowest BCUT2D eigenvalue weighted by Crippen LogP contribution is -2.38. The molecule has 2 nitrogen and oxygen atoms in total. The molecule has 0 unspecified atom stereocenters. The van der Waals surface area contributed by atoms with Crippen LogP contribution in [0.5, 0.6) is 0 Å². The second kappa shape index (κ2) is 5.32. The number of piperidine rings is 1. The molecule has 0 radical (unpaired) electrons. The molecule has 0 spiro atoms. The molecule has 0 saturated carbocycles. The summed E-state index contributed by atoms with van der Waals surface area (Å²) < 4.78 is 0. The maximum Gasteiger partial charge on any atom is 0.264 e. The molecule has 2 rings (SSSR count). The summed E-state index contributed by atoms with van der Waals surface area (Å²) in [6.07, 6.45) is 2.25. The second-order valence-electron chi connectivity index (χ2n) is 4.32. The van der Waals surface area contributed by atoms with Crippen LogP contribution in [0.3, 0.4) is 0 Å². The van der Waals surface area contributed by atoms with Gasteiger partial charge in [0.1, 0.15) is 0 Å². The van der Waals surface area contributed by atoms with Crippen LogP contribution in [0.1, 0.15) is 28.1 Å². The number of carbonyl (C=O) groups excluding carboxylic acids is 1. The molecule has 0 aromatic carbocycles. The minimum absolute atomic E-state index is 0.223. The highest BCUT2D eigenvalue weighted by atomic mass is 79.9. The van der Waals surface area contributed by atoms with Gasteiger partial charge < -0.3 is 4.90 Å². The van der Waals surface area contributed by atoms with Gasteiger partial charge in [0.2, 0.25) is 0 Å². The molecule has 4 heteroatoms. The molecule has 1 aliphatic rings. The van der Waals surface area contributed by atoms with Crippen molar-refractivity contribution in [3.63, 3.8) is 0 Å². The molecule has 0 aliphatic carbocycles. The number of aryl methyl sites for hydroxylation is 1. The molecule has 16 heavy (non-hydrogen) atoms. The van der Waals surface area contributed by atoms with E-state index >= 15 is 0 Å². The van der Waals surface area contributed by atoms with Crippen LogP contribution in [-0.4, -0.2) is 29.2 Å². The van der Waals surface area contributed by atoms with Crippen LogP contribution in [0.2, 0.25) is 0 Å². The van der Waals surface area contributed by atoms with Crippen molar-refractivity contribution < 1.29 is 4.79 Å². The molecular weight excluding hydrogens is 286 g/mol. The lowest BCUT2D eigenvalue weighted by Gasteiger charge is -2.31. The van der Waals surface area contributed by atoms with Crippen molar-refractivity contribution in [3.05, 3.63) is 21.9 Å². The number of likely N-dealkylation sites (tertiary alicyclic amines) is 1. The van der Waals surface area contributed by atoms with Crippen LogP contribution in [0, 0.1) is 12.8 Å². The van der Waals surface area contributed by atoms with E-state index in [9.17, 15) is 4.79 Å². The first kappa shape index (κ1) is 12.1. The van der Waals surface area contributed by atoms with E-state index in [0.717, 1.165) is 47.6 Å².